The van der Waals surface area contributed by atoms with Gasteiger partial charge in [-0.15, -0.1) is 5.10 Å². The lowest BCUT2D eigenvalue weighted by molar-refractivity contribution is -0.143. The van der Waals surface area contributed by atoms with Crippen molar-refractivity contribution in [3.63, 3.8) is 0 Å². The van der Waals surface area contributed by atoms with Crippen molar-refractivity contribution in [1.29, 1.82) is 0 Å². The van der Waals surface area contributed by atoms with Crippen molar-refractivity contribution >= 4 is 35.3 Å². The first-order valence-electron chi connectivity index (χ1n) is 11.1. The summed E-state index contributed by atoms with van der Waals surface area (Å²) in [7, 11) is 3.17. The SMILES string of the molecule is COc1ccc(C2C(C(=O)OC(C)C)=C(C)Nc3nc(SCc4ccccc4Cl)nn32)c(OC)c1. The molecule has 1 aliphatic rings. The van der Waals surface area contributed by atoms with Gasteiger partial charge in [0.25, 0.3) is 0 Å². The van der Waals surface area contributed by atoms with Crippen molar-refractivity contribution in [1.82, 2.24) is 14.8 Å². The number of thioether (sulfide) groups is 1. The summed E-state index contributed by atoms with van der Waals surface area (Å²) in [5, 5.41) is 9.21. The summed E-state index contributed by atoms with van der Waals surface area (Å²) in [4.78, 5) is 17.9. The number of nitrogens with one attached hydrogen (secondary N) is 1. The van der Waals surface area contributed by atoms with Gasteiger partial charge in [-0.05, 0) is 44.5 Å². The molecule has 0 radical (unpaired) electrons. The Morgan fingerprint density at radius 1 is 1.20 bits per heavy atom. The Hall–Kier alpha value is -3.17. The van der Waals surface area contributed by atoms with Crippen LogP contribution in [0.15, 0.2) is 58.9 Å². The number of ether oxygens (including phenoxy) is 3. The van der Waals surface area contributed by atoms with E-state index in [-0.39, 0.29) is 6.10 Å². The molecule has 4 rings (SSSR count). The van der Waals surface area contributed by atoms with Gasteiger partial charge >= 0.3 is 5.97 Å². The Bertz CT molecular complexity index is 1270. The van der Waals surface area contributed by atoms with E-state index in [1.165, 1.54) is 11.8 Å². The summed E-state index contributed by atoms with van der Waals surface area (Å²) in [6.45, 7) is 5.46. The third kappa shape index (κ3) is 5.26. The Morgan fingerprint density at radius 2 is 1.97 bits per heavy atom. The van der Waals surface area contributed by atoms with Gasteiger partial charge in [0.2, 0.25) is 11.1 Å². The van der Waals surface area contributed by atoms with E-state index in [9.17, 15) is 4.79 Å². The molecule has 1 aliphatic heterocycles. The fourth-order valence-electron chi connectivity index (χ4n) is 3.82. The molecule has 184 valence electrons. The lowest BCUT2D eigenvalue weighted by Gasteiger charge is -2.29. The molecule has 0 aliphatic carbocycles. The normalized spacial score (nSPS) is 15.0. The zero-order valence-corrected chi connectivity index (χ0v) is 21.7. The highest BCUT2D eigenvalue weighted by Crippen LogP contribution is 2.41. The number of carbonyl (C=O) groups excluding carboxylic acids is 1. The predicted octanol–water partition coefficient (Wildman–Crippen LogP) is 5.48. The molecule has 0 spiro atoms. The highest BCUT2D eigenvalue weighted by Gasteiger charge is 2.37. The number of allylic oxidation sites excluding steroid dienone is 1. The van der Waals surface area contributed by atoms with E-state index in [1.54, 1.807) is 25.0 Å². The van der Waals surface area contributed by atoms with Crippen LogP contribution in [-0.4, -0.2) is 41.1 Å². The number of benzene rings is 2. The fraction of sp³-hybridized carbons (Fsp3) is 0.320. The number of methoxy groups -OCH3 is 2. The average molecular weight is 515 g/mol. The first kappa shape index (κ1) is 24.9. The molecule has 0 saturated heterocycles. The second kappa shape index (κ2) is 10.6. The lowest BCUT2D eigenvalue weighted by Crippen LogP contribution is -2.30. The fourth-order valence-corrected chi connectivity index (χ4v) is 4.94. The van der Waals surface area contributed by atoms with Crippen LogP contribution in [0.2, 0.25) is 5.02 Å². The topological polar surface area (TPSA) is 87.5 Å². The van der Waals surface area contributed by atoms with Crippen LogP contribution in [0.1, 0.15) is 37.9 Å². The largest absolute Gasteiger partial charge is 0.497 e. The van der Waals surface area contributed by atoms with Crippen molar-refractivity contribution in [3.8, 4) is 11.5 Å². The molecule has 1 aromatic heterocycles. The monoisotopic (exact) mass is 514 g/mol. The van der Waals surface area contributed by atoms with Gasteiger partial charge in [0, 0.05) is 28.1 Å². The van der Waals surface area contributed by atoms with E-state index in [0.717, 1.165) is 11.1 Å². The van der Waals surface area contributed by atoms with Crippen molar-refractivity contribution in [2.24, 2.45) is 0 Å². The molecule has 0 amide bonds. The number of esters is 1. The number of carbonyl (C=O) groups is 1. The minimum atomic E-state index is -0.611. The quantitative estimate of drug-likeness (QED) is 0.312. The van der Waals surface area contributed by atoms with Gasteiger partial charge in [0.15, 0.2) is 0 Å². The van der Waals surface area contributed by atoms with Crippen LogP contribution in [0.25, 0.3) is 0 Å². The number of aromatic nitrogens is 3. The Kier molecular flexibility index (Phi) is 7.57. The third-order valence-electron chi connectivity index (χ3n) is 5.45. The standard InChI is InChI=1S/C25H27ClN4O4S/c1-14(2)34-23(31)21-15(3)27-24-28-25(35-13-16-8-6-7-9-19(16)26)29-30(24)22(21)18-11-10-17(32-4)12-20(18)33-5/h6-12,14,22H,13H2,1-5H3,(H,27,28,29). The summed E-state index contributed by atoms with van der Waals surface area (Å²) >= 11 is 7.78. The molecule has 0 fully saturated rings. The summed E-state index contributed by atoms with van der Waals surface area (Å²) in [6.07, 6.45) is -0.278. The predicted molar refractivity (Wildman–Crippen MR) is 136 cm³/mol. The number of anilines is 1. The smallest absolute Gasteiger partial charge is 0.338 e. The second-order valence-electron chi connectivity index (χ2n) is 8.17. The van der Waals surface area contributed by atoms with Crippen LogP contribution in [0.5, 0.6) is 11.5 Å². The number of halogens is 1. The molecule has 2 aromatic carbocycles. The summed E-state index contributed by atoms with van der Waals surface area (Å²) in [6, 6.07) is 12.5. The number of rotatable bonds is 8. The number of hydrogen-bond acceptors (Lipinski definition) is 8. The van der Waals surface area contributed by atoms with Gasteiger partial charge in [0.1, 0.15) is 17.5 Å². The van der Waals surface area contributed by atoms with Crippen LogP contribution < -0.4 is 14.8 Å². The molecular weight excluding hydrogens is 488 g/mol. The zero-order valence-electron chi connectivity index (χ0n) is 20.2. The minimum Gasteiger partial charge on any atom is -0.497 e. The van der Waals surface area contributed by atoms with E-state index in [4.69, 9.17) is 30.9 Å². The maximum absolute atomic E-state index is 13.2. The number of nitrogens with zero attached hydrogens (tertiary/aromatic N) is 3. The zero-order chi connectivity index (χ0) is 25.1. The first-order chi connectivity index (χ1) is 16.8. The van der Waals surface area contributed by atoms with Gasteiger partial charge in [-0.2, -0.15) is 4.98 Å². The molecule has 3 aromatic rings. The van der Waals surface area contributed by atoms with Gasteiger partial charge in [0.05, 0.1) is 25.9 Å². The molecule has 35 heavy (non-hydrogen) atoms. The maximum atomic E-state index is 13.2. The lowest BCUT2D eigenvalue weighted by atomic mass is 9.95. The van der Waals surface area contributed by atoms with Gasteiger partial charge in [-0.3, -0.25) is 0 Å². The summed E-state index contributed by atoms with van der Waals surface area (Å²) < 4.78 is 18.3. The minimum absolute atomic E-state index is 0.278. The number of fused-ring (bicyclic) bond motifs is 1. The molecule has 1 N–H and O–H groups in total. The van der Waals surface area contributed by atoms with E-state index < -0.39 is 12.0 Å². The molecular formula is C25H27ClN4O4S. The third-order valence-corrected chi connectivity index (χ3v) is 6.70. The van der Waals surface area contributed by atoms with Crippen LogP contribution in [0.4, 0.5) is 5.95 Å². The molecule has 8 nitrogen and oxygen atoms in total. The first-order valence-corrected chi connectivity index (χ1v) is 12.4. The van der Waals surface area contributed by atoms with Crippen LogP contribution in [0, 0.1) is 0 Å². The van der Waals surface area contributed by atoms with E-state index in [1.807, 2.05) is 57.2 Å². The van der Waals surface area contributed by atoms with E-state index in [2.05, 4.69) is 10.3 Å². The Balaban J connectivity index is 1.76. The molecule has 10 heteroatoms. The van der Waals surface area contributed by atoms with Crippen LogP contribution in [0.3, 0.4) is 0 Å². The Labute approximate surface area is 213 Å². The van der Waals surface area contributed by atoms with Gasteiger partial charge < -0.3 is 19.5 Å². The second-order valence-corrected chi connectivity index (χ2v) is 9.52. The average Bonchev–Trinajstić information content (AvgIpc) is 3.24. The van der Waals surface area contributed by atoms with Gasteiger partial charge in [-0.25, -0.2) is 9.48 Å². The molecule has 1 atom stereocenters. The Morgan fingerprint density at radius 3 is 2.66 bits per heavy atom. The molecule has 1 unspecified atom stereocenters. The molecule has 0 bridgehead atoms. The van der Waals surface area contributed by atoms with Crippen molar-refractivity contribution in [2.45, 2.75) is 43.8 Å². The van der Waals surface area contributed by atoms with Gasteiger partial charge in [-0.1, -0.05) is 41.6 Å². The molecule has 2 heterocycles. The maximum Gasteiger partial charge on any atom is 0.338 e. The summed E-state index contributed by atoms with van der Waals surface area (Å²) in [5.74, 6) is 1.90. The van der Waals surface area contributed by atoms with Crippen molar-refractivity contribution in [2.75, 3.05) is 19.5 Å². The highest BCUT2D eigenvalue weighted by molar-refractivity contribution is 7.98. The molecule has 0 saturated carbocycles. The van der Waals surface area contributed by atoms with Crippen LogP contribution in [-0.2, 0) is 15.3 Å². The van der Waals surface area contributed by atoms with Crippen molar-refractivity contribution in [3.05, 3.63) is 69.9 Å². The summed E-state index contributed by atoms with van der Waals surface area (Å²) in [5.41, 5.74) is 2.80. The van der Waals surface area contributed by atoms with Crippen LogP contribution >= 0.6 is 23.4 Å². The highest BCUT2D eigenvalue weighted by atomic mass is 35.5. The number of hydrogen-bond donors (Lipinski definition) is 1. The van der Waals surface area contributed by atoms with E-state index >= 15 is 0 Å². The van der Waals surface area contributed by atoms with Crippen molar-refractivity contribution < 1.29 is 19.0 Å². The van der Waals surface area contributed by atoms with E-state index in [0.29, 0.717) is 44.6 Å².